The van der Waals surface area contributed by atoms with E-state index in [1.54, 1.807) is 0 Å². The molecule has 1 aliphatic carbocycles. The molecule has 3 heterocycles. The Morgan fingerprint density at radius 2 is 2.21 bits per heavy atom. The summed E-state index contributed by atoms with van der Waals surface area (Å²) in [5.74, 6) is 0.428. The van der Waals surface area contributed by atoms with Gasteiger partial charge in [0.25, 0.3) is 0 Å². The van der Waals surface area contributed by atoms with Crippen LogP contribution in [-0.4, -0.2) is 52.3 Å². The predicted molar refractivity (Wildman–Crippen MR) is 111 cm³/mol. The molecule has 1 aromatic rings. The molecule has 0 spiro atoms. The topological polar surface area (TPSA) is 80.2 Å². The zero-order valence-corrected chi connectivity index (χ0v) is 17.0. The normalized spacial score (nSPS) is 38.7. The van der Waals surface area contributed by atoms with Crippen LogP contribution >= 0.6 is 11.8 Å². The van der Waals surface area contributed by atoms with Crippen molar-refractivity contribution in [1.82, 2.24) is 15.5 Å². The van der Waals surface area contributed by atoms with E-state index >= 15 is 0 Å². The van der Waals surface area contributed by atoms with Crippen molar-refractivity contribution >= 4 is 23.4 Å². The highest BCUT2D eigenvalue weighted by molar-refractivity contribution is 8.00. The van der Waals surface area contributed by atoms with E-state index in [-0.39, 0.29) is 28.9 Å². The minimum atomic E-state index is -0.126. The number of nitrogens with zero attached hydrogens (tertiary/aromatic N) is 2. The maximum Gasteiger partial charge on any atom is 0.245 e. The van der Waals surface area contributed by atoms with Gasteiger partial charge in [-0.2, -0.15) is 5.26 Å². The van der Waals surface area contributed by atoms with Crippen molar-refractivity contribution in [2.24, 2.45) is 5.92 Å². The lowest BCUT2D eigenvalue weighted by molar-refractivity contribution is -0.132. The van der Waals surface area contributed by atoms with Crippen LogP contribution in [0.3, 0.4) is 0 Å². The molecule has 7 heteroatoms. The fourth-order valence-corrected chi connectivity index (χ4v) is 6.78. The number of hydrogen-bond acceptors (Lipinski definition) is 6. The van der Waals surface area contributed by atoms with E-state index in [0.29, 0.717) is 11.3 Å². The van der Waals surface area contributed by atoms with Crippen LogP contribution < -0.4 is 16.0 Å². The number of nitriles is 1. The van der Waals surface area contributed by atoms with E-state index in [2.05, 4.69) is 46.0 Å². The highest BCUT2D eigenvalue weighted by Crippen LogP contribution is 2.40. The summed E-state index contributed by atoms with van der Waals surface area (Å²) in [7, 11) is 0. The predicted octanol–water partition coefficient (Wildman–Crippen LogP) is 1.89. The fraction of sp³-hybridized carbons (Fsp3) is 0.619. The number of carbonyl (C=O) groups is 1. The molecule has 6 nitrogen and oxygen atoms in total. The second-order valence-electron chi connectivity index (χ2n) is 8.90. The first-order chi connectivity index (χ1) is 13.5. The number of hydrogen-bond donors (Lipinski definition) is 3. The van der Waals surface area contributed by atoms with Crippen molar-refractivity contribution in [2.45, 2.75) is 61.0 Å². The monoisotopic (exact) mass is 397 g/mol. The van der Waals surface area contributed by atoms with Crippen LogP contribution in [0.2, 0.25) is 0 Å². The molecule has 3 N–H and O–H groups in total. The Labute approximate surface area is 170 Å². The molecule has 4 atom stereocenters. The van der Waals surface area contributed by atoms with Crippen molar-refractivity contribution in [3.63, 3.8) is 0 Å². The lowest BCUT2D eigenvalue weighted by atomic mass is 9.70. The number of rotatable bonds is 3. The zero-order valence-electron chi connectivity index (χ0n) is 16.1. The molecule has 3 fully saturated rings. The van der Waals surface area contributed by atoms with Gasteiger partial charge in [-0.3, -0.25) is 15.4 Å². The average Bonchev–Trinajstić information content (AvgIpc) is 3.27. The minimum Gasteiger partial charge on any atom is -0.373 e. The Hall–Kier alpha value is -1.75. The molecular weight excluding hydrogens is 370 g/mol. The number of para-hydroxylation sites is 1. The summed E-state index contributed by atoms with van der Waals surface area (Å²) < 4.78 is 0. The molecule has 1 aromatic carbocycles. The van der Waals surface area contributed by atoms with Gasteiger partial charge in [0.05, 0.1) is 6.07 Å². The van der Waals surface area contributed by atoms with Gasteiger partial charge in [-0.15, -0.1) is 11.8 Å². The van der Waals surface area contributed by atoms with Crippen LogP contribution in [0, 0.1) is 17.2 Å². The molecule has 28 heavy (non-hydrogen) atoms. The first kappa shape index (κ1) is 18.3. The molecule has 2 saturated heterocycles. The summed E-state index contributed by atoms with van der Waals surface area (Å²) in [6.07, 6.45) is 3.64. The molecule has 0 radical (unpaired) electrons. The summed E-state index contributed by atoms with van der Waals surface area (Å²) >= 11 is 1.91. The molecule has 5 rings (SSSR count). The number of piperidine rings is 1. The summed E-state index contributed by atoms with van der Waals surface area (Å²) in [5.41, 5.74) is 2.61. The third kappa shape index (κ3) is 3.28. The first-order valence-electron chi connectivity index (χ1n) is 10.2. The van der Waals surface area contributed by atoms with Gasteiger partial charge in [-0.25, -0.2) is 0 Å². The Bertz CT molecular complexity index is 792. The molecule has 4 aliphatic rings. The quantitative estimate of drug-likeness (QED) is 0.723. The van der Waals surface area contributed by atoms with Crippen molar-refractivity contribution < 1.29 is 4.79 Å². The molecular formula is C21H27N5OS. The van der Waals surface area contributed by atoms with E-state index in [4.69, 9.17) is 5.26 Å². The smallest absolute Gasteiger partial charge is 0.245 e. The van der Waals surface area contributed by atoms with Gasteiger partial charge < -0.3 is 10.2 Å². The Morgan fingerprint density at radius 3 is 3.00 bits per heavy atom. The minimum absolute atomic E-state index is 0.0631. The van der Waals surface area contributed by atoms with Gasteiger partial charge in [0.15, 0.2) is 0 Å². The fourth-order valence-electron chi connectivity index (χ4n) is 5.15. The number of nitrogens with one attached hydrogen (secondary N) is 3. The molecule has 4 unspecified atom stereocenters. The van der Waals surface area contributed by atoms with Crippen molar-refractivity contribution in [2.75, 3.05) is 18.4 Å². The van der Waals surface area contributed by atoms with Crippen LogP contribution in [0.1, 0.15) is 31.7 Å². The van der Waals surface area contributed by atoms with E-state index in [0.717, 1.165) is 44.5 Å². The number of benzene rings is 1. The van der Waals surface area contributed by atoms with Crippen LogP contribution in [0.5, 0.6) is 0 Å². The molecule has 0 aromatic heterocycles. The van der Waals surface area contributed by atoms with Gasteiger partial charge in [-0.05, 0) is 37.8 Å². The van der Waals surface area contributed by atoms with Gasteiger partial charge in [-0.1, -0.05) is 18.2 Å². The van der Waals surface area contributed by atoms with Gasteiger partial charge >= 0.3 is 0 Å². The maximum absolute atomic E-state index is 13.1. The van der Waals surface area contributed by atoms with Gasteiger partial charge in [0, 0.05) is 47.9 Å². The van der Waals surface area contributed by atoms with Crippen LogP contribution in [0.4, 0.5) is 5.69 Å². The second kappa shape index (κ2) is 6.94. The van der Waals surface area contributed by atoms with E-state index < -0.39 is 0 Å². The largest absolute Gasteiger partial charge is 0.373 e. The van der Waals surface area contributed by atoms with Crippen molar-refractivity contribution in [3.8, 4) is 6.07 Å². The zero-order chi connectivity index (χ0) is 19.3. The molecule has 148 valence electrons. The van der Waals surface area contributed by atoms with Crippen LogP contribution in [0.15, 0.2) is 24.3 Å². The molecule has 1 saturated carbocycles. The summed E-state index contributed by atoms with van der Waals surface area (Å²) in [6.45, 7) is 3.85. The Kier molecular flexibility index (Phi) is 4.53. The van der Waals surface area contributed by atoms with Crippen molar-refractivity contribution in [3.05, 3.63) is 29.8 Å². The number of fused-ring (bicyclic) bond motifs is 2. The van der Waals surface area contributed by atoms with Crippen molar-refractivity contribution in [1.29, 1.82) is 5.26 Å². The molecule has 1 amide bonds. The second-order valence-corrected chi connectivity index (χ2v) is 10.2. The lowest BCUT2D eigenvalue weighted by Crippen LogP contribution is -2.58. The SMILES string of the molecule is CC1(NC2NC3CCN(C(=O)C4Cc5ccccc5N4)CC3S2)CC(C#N)C1. The highest BCUT2D eigenvalue weighted by atomic mass is 32.2. The maximum atomic E-state index is 13.1. The summed E-state index contributed by atoms with van der Waals surface area (Å²) in [6, 6.07) is 10.9. The van der Waals surface area contributed by atoms with E-state index in [1.807, 2.05) is 23.9 Å². The third-order valence-electron chi connectivity index (χ3n) is 6.67. The Morgan fingerprint density at radius 1 is 1.39 bits per heavy atom. The molecule has 0 bridgehead atoms. The van der Waals surface area contributed by atoms with E-state index in [1.165, 1.54) is 5.56 Å². The van der Waals surface area contributed by atoms with Gasteiger partial charge in [0.1, 0.15) is 11.5 Å². The summed E-state index contributed by atoms with van der Waals surface area (Å²) in [4.78, 5) is 15.1. The van der Waals surface area contributed by atoms with Crippen LogP contribution in [0.25, 0.3) is 0 Å². The first-order valence-corrected chi connectivity index (χ1v) is 11.2. The lowest BCUT2D eigenvalue weighted by Gasteiger charge is -2.44. The van der Waals surface area contributed by atoms with Crippen LogP contribution in [-0.2, 0) is 11.2 Å². The number of likely N-dealkylation sites (tertiary alicyclic amines) is 1. The summed E-state index contributed by atoms with van der Waals surface area (Å²) in [5, 5.41) is 20.3. The average molecular weight is 398 g/mol. The standard InChI is InChI=1S/C21H27N5OS/c1-21(9-13(10-21)11-22)25-20-24-16-6-7-26(12-18(16)28-20)19(27)17-8-14-4-2-3-5-15(14)23-17/h2-5,13,16-18,20,23-25H,6-10,12H2,1H3. The number of amides is 1. The highest BCUT2D eigenvalue weighted by Gasteiger charge is 2.46. The Balaban J connectivity index is 1.16. The third-order valence-corrected chi connectivity index (χ3v) is 8.03. The number of anilines is 1. The molecule has 3 aliphatic heterocycles. The van der Waals surface area contributed by atoms with Gasteiger partial charge in [0.2, 0.25) is 5.91 Å². The number of carbonyl (C=O) groups excluding carboxylic acids is 1. The van der Waals surface area contributed by atoms with E-state index in [9.17, 15) is 4.79 Å². The number of thioether (sulfide) groups is 1.